The molecule has 0 aliphatic carbocycles. The number of aromatic hydroxyl groups is 2. The second-order valence-electron chi connectivity index (χ2n) is 7.58. The number of aromatic nitrogens is 1. The molecule has 1 aromatic heterocycles. The second-order valence-corrected chi connectivity index (χ2v) is 7.58. The minimum absolute atomic E-state index is 0.232. The topological polar surface area (TPSA) is 66.5 Å². The van der Waals surface area contributed by atoms with E-state index in [0.717, 1.165) is 51.3 Å². The zero-order chi connectivity index (χ0) is 22.0. The SMILES string of the molecule is CCC(=C(c1ccc(O)cc1)c1ccc(O)cc1)c1ccc(-c2c(C)noc2C)cc1. The summed E-state index contributed by atoms with van der Waals surface area (Å²) in [6, 6.07) is 22.9. The summed E-state index contributed by atoms with van der Waals surface area (Å²) in [5.74, 6) is 1.27. The van der Waals surface area contributed by atoms with Gasteiger partial charge in [-0.25, -0.2) is 0 Å². The molecule has 4 aromatic rings. The van der Waals surface area contributed by atoms with Crippen LogP contribution in [0.25, 0.3) is 22.3 Å². The predicted molar refractivity (Wildman–Crippen MR) is 124 cm³/mol. The number of benzene rings is 3. The van der Waals surface area contributed by atoms with Crippen molar-refractivity contribution in [3.05, 3.63) is 101 Å². The Balaban J connectivity index is 1.87. The fourth-order valence-electron chi connectivity index (χ4n) is 4.03. The highest BCUT2D eigenvalue weighted by molar-refractivity contribution is 5.98. The summed E-state index contributed by atoms with van der Waals surface area (Å²) in [6.07, 6.45) is 0.821. The van der Waals surface area contributed by atoms with Crippen LogP contribution in [0.3, 0.4) is 0 Å². The van der Waals surface area contributed by atoms with Gasteiger partial charge in [0.2, 0.25) is 0 Å². The number of hydrogen-bond acceptors (Lipinski definition) is 4. The monoisotopic (exact) mass is 411 g/mol. The van der Waals surface area contributed by atoms with E-state index in [1.165, 1.54) is 5.57 Å². The zero-order valence-corrected chi connectivity index (χ0v) is 17.9. The minimum Gasteiger partial charge on any atom is -0.508 e. The highest BCUT2D eigenvalue weighted by Gasteiger charge is 2.15. The lowest BCUT2D eigenvalue weighted by Gasteiger charge is -2.17. The van der Waals surface area contributed by atoms with Crippen molar-refractivity contribution in [1.29, 1.82) is 0 Å². The minimum atomic E-state index is 0.232. The molecule has 0 radical (unpaired) electrons. The number of phenols is 2. The third-order valence-electron chi connectivity index (χ3n) is 5.52. The lowest BCUT2D eigenvalue weighted by Crippen LogP contribution is -1.95. The Morgan fingerprint density at radius 2 is 1.23 bits per heavy atom. The molecular weight excluding hydrogens is 386 g/mol. The molecule has 1 heterocycles. The molecular formula is C27H25NO3. The maximum Gasteiger partial charge on any atom is 0.141 e. The maximum absolute atomic E-state index is 9.76. The van der Waals surface area contributed by atoms with Crippen molar-refractivity contribution >= 4 is 11.1 Å². The first-order valence-corrected chi connectivity index (χ1v) is 10.3. The smallest absolute Gasteiger partial charge is 0.141 e. The Kier molecular flexibility index (Phi) is 5.63. The summed E-state index contributed by atoms with van der Waals surface area (Å²) in [6.45, 7) is 6.01. The first-order valence-electron chi connectivity index (χ1n) is 10.3. The summed E-state index contributed by atoms with van der Waals surface area (Å²) < 4.78 is 5.32. The Morgan fingerprint density at radius 3 is 1.65 bits per heavy atom. The maximum atomic E-state index is 9.76. The molecule has 0 atom stereocenters. The van der Waals surface area contributed by atoms with Crippen LogP contribution in [0, 0.1) is 13.8 Å². The summed E-state index contributed by atoms with van der Waals surface area (Å²) >= 11 is 0. The Bertz CT molecular complexity index is 1150. The molecule has 4 rings (SSSR count). The van der Waals surface area contributed by atoms with Crippen LogP contribution in [0.1, 0.15) is 41.5 Å². The number of rotatable bonds is 5. The quantitative estimate of drug-likeness (QED) is 0.357. The summed E-state index contributed by atoms with van der Waals surface area (Å²) in [4.78, 5) is 0. The first kappa shape index (κ1) is 20.5. The van der Waals surface area contributed by atoms with E-state index in [2.05, 4.69) is 36.3 Å². The summed E-state index contributed by atoms with van der Waals surface area (Å²) in [5, 5.41) is 23.6. The van der Waals surface area contributed by atoms with Crippen LogP contribution in [0.5, 0.6) is 11.5 Å². The molecule has 4 nitrogen and oxygen atoms in total. The molecule has 0 aliphatic heterocycles. The average Bonchev–Trinajstić information content (AvgIpc) is 3.12. The van der Waals surface area contributed by atoms with E-state index < -0.39 is 0 Å². The molecule has 2 N–H and O–H groups in total. The molecule has 0 unspecified atom stereocenters. The third-order valence-corrected chi connectivity index (χ3v) is 5.52. The molecule has 0 saturated carbocycles. The van der Waals surface area contributed by atoms with Crippen molar-refractivity contribution in [3.63, 3.8) is 0 Å². The average molecular weight is 412 g/mol. The van der Waals surface area contributed by atoms with Gasteiger partial charge in [-0.3, -0.25) is 0 Å². The summed E-state index contributed by atoms with van der Waals surface area (Å²) in [5.41, 5.74) is 8.39. The molecule has 0 amide bonds. The van der Waals surface area contributed by atoms with Crippen LogP contribution < -0.4 is 0 Å². The molecule has 0 bridgehead atoms. The lowest BCUT2D eigenvalue weighted by molar-refractivity contribution is 0.393. The van der Waals surface area contributed by atoms with Crippen LogP contribution in [-0.2, 0) is 0 Å². The van der Waals surface area contributed by atoms with E-state index in [1.807, 2.05) is 38.1 Å². The molecule has 0 spiro atoms. The van der Waals surface area contributed by atoms with E-state index in [9.17, 15) is 10.2 Å². The molecule has 0 saturated heterocycles. The van der Waals surface area contributed by atoms with Crippen molar-refractivity contribution in [3.8, 4) is 22.6 Å². The van der Waals surface area contributed by atoms with E-state index >= 15 is 0 Å². The number of phenolic OH excluding ortho intramolecular Hbond substituents is 2. The van der Waals surface area contributed by atoms with Gasteiger partial charge in [-0.05, 0) is 77.9 Å². The standard InChI is InChI=1S/C27H25NO3/c1-4-25(19-5-7-20(8-6-19)26-17(2)28-31-18(26)3)27(21-9-13-23(29)14-10-21)22-11-15-24(30)16-12-22/h5-16,29-30H,4H2,1-3H3. The van der Waals surface area contributed by atoms with Crippen LogP contribution in [0.2, 0.25) is 0 Å². The van der Waals surface area contributed by atoms with E-state index in [1.54, 1.807) is 24.3 Å². The van der Waals surface area contributed by atoms with Crippen molar-refractivity contribution in [1.82, 2.24) is 5.16 Å². The van der Waals surface area contributed by atoms with Gasteiger partial charge in [0.1, 0.15) is 17.3 Å². The first-order chi connectivity index (χ1) is 15.0. The van der Waals surface area contributed by atoms with Crippen molar-refractivity contribution in [2.75, 3.05) is 0 Å². The largest absolute Gasteiger partial charge is 0.508 e. The highest BCUT2D eigenvalue weighted by atomic mass is 16.5. The van der Waals surface area contributed by atoms with Gasteiger partial charge in [-0.15, -0.1) is 0 Å². The number of hydrogen-bond donors (Lipinski definition) is 2. The summed E-state index contributed by atoms with van der Waals surface area (Å²) in [7, 11) is 0. The molecule has 0 fully saturated rings. The van der Waals surface area contributed by atoms with Gasteiger partial charge >= 0.3 is 0 Å². The second kappa shape index (κ2) is 8.52. The molecule has 31 heavy (non-hydrogen) atoms. The Morgan fingerprint density at radius 1 is 0.742 bits per heavy atom. The van der Waals surface area contributed by atoms with Crippen LogP contribution in [-0.4, -0.2) is 15.4 Å². The number of nitrogens with zero attached hydrogens (tertiary/aromatic N) is 1. The number of aryl methyl sites for hydroxylation is 2. The van der Waals surface area contributed by atoms with Gasteiger partial charge in [0.25, 0.3) is 0 Å². The molecule has 156 valence electrons. The van der Waals surface area contributed by atoms with Crippen LogP contribution >= 0.6 is 0 Å². The fourth-order valence-corrected chi connectivity index (χ4v) is 4.03. The van der Waals surface area contributed by atoms with Gasteiger partial charge in [-0.2, -0.15) is 0 Å². The van der Waals surface area contributed by atoms with E-state index in [4.69, 9.17) is 4.52 Å². The van der Waals surface area contributed by atoms with Gasteiger partial charge in [0, 0.05) is 5.56 Å². The highest BCUT2D eigenvalue weighted by Crippen LogP contribution is 2.36. The zero-order valence-electron chi connectivity index (χ0n) is 17.9. The molecule has 3 aromatic carbocycles. The Labute approximate surface area is 182 Å². The lowest BCUT2D eigenvalue weighted by atomic mass is 9.87. The predicted octanol–water partition coefficient (Wildman–Crippen LogP) is 6.74. The van der Waals surface area contributed by atoms with E-state index in [-0.39, 0.29) is 11.5 Å². The third kappa shape index (κ3) is 4.10. The van der Waals surface area contributed by atoms with Crippen molar-refractivity contribution in [2.45, 2.75) is 27.2 Å². The molecule has 0 aliphatic rings. The van der Waals surface area contributed by atoms with Gasteiger partial charge < -0.3 is 14.7 Å². The van der Waals surface area contributed by atoms with Crippen LogP contribution in [0.4, 0.5) is 0 Å². The van der Waals surface area contributed by atoms with Crippen molar-refractivity contribution in [2.24, 2.45) is 0 Å². The van der Waals surface area contributed by atoms with Crippen molar-refractivity contribution < 1.29 is 14.7 Å². The Hall–Kier alpha value is -3.79. The van der Waals surface area contributed by atoms with Gasteiger partial charge in [-0.1, -0.05) is 60.6 Å². The fraction of sp³-hybridized carbons (Fsp3) is 0.148. The van der Waals surface area contributed by atoms with E-state index in [0.29, 0.717) is 0 Å². The van der Waals surface area contributed by atoms with Gasteiger partial charge in [0.05, 0.1) is 5.69 Å². The van der Waals surface area contributed by atoms with Crippen LogP contribution in [0.15, 0.2) is 77.3 Å². The molecule has 4 heteroatoms. The normalized spacial score (nSPS) is 10.8. The van der Waals surface area contributed by atoms with Gasteiger partial charge in [0.15, 0.2) is 0 Å². The number of allylic oxidation sites excluding steroid dienone is 1.